The number of benzene rings is 3. The Balaban J connectivity index is 1.84. The molecule has 0 saturated carbocycles. The fourth-order valence-corrected chi connectivity index (χ4v) is 2.84. The Morgan fingerprint density at radius 3 is 2.35 bits per heavy atom. The van der Waals surface area contributed by atoms with E-state index in [0.717, 1.165) is 15.7 Å². The molecule has 26 heavy (non-hydrogen) atoms. The number of halogens is 1. The highest BCUT2D eigenvalue weighted by Gasteiger charge is 2.20. The minimum absolute atomic E-state index is 0.146. The van der Waals surface area contributed by atoms with E-state index in [9.17, 15) is 4.79 Å². The molecule has 4 nitrogen and oxygen atoms in total. The molecule has 0 saturated heterocycles. The van der Waals surface area contributed by atoms with Crippen LogP contribution in [-0.4, -0.2) is 13.0 Å². The van der Waals surface area contributed by atoms with E-state index in [1.54, 1.807) is 13.2 Å². The Kier molecular flexibility index (Phi) is 5.92. The van der Waals surface area contributed by atoms with Crippen LogP contribution in [0.3, 0.4) is 0 Å². The number of ether oxygens (including phenoxy) is 1. The van der Waals surface area contributed by atoms with Crippen molar-refractivity contribution in [1.29, 1.82) is 0 Å². The largest absolute Gasteiger partial charge is 0.497 e. The van der Waals surface area contributed by atoms with Gasteiger partial charge >= 0.3 is 0 Å². The van der Waals surface area contributed by atoms with Gasteiger partial charge in [0.15, 0.2) is 0 Å². The topological polar surface area (TPSA) is 50.4 Å². The van der Waals surface area contributed by atoms with Crippen molar-refractivity contribution in [3.8, 4) is 5.75 Å². The van der Waals surface area contributed by atoms with E-state index in [-0.39, 0.29) is 5.91 Å². The monoisotopic (exact) mass is 410 g/mol. The lowest BCUT2D eigenvalue weighted by atomic mass is 10.1. The van der Waals surface area contributed by atoms with Crippen LogP contribution in [0, 0.1) is 0 Å². The minimum atomic E-state index is -0.524. The molecule has 0 aromatic heterocycles. The lowest BCUT2D eigenvalue weighted by molar-refractivity contribution is -0.117. The maximum absolute atomic E-state index is 13.0. The van der Waals surface area contributed by atoms with Gasteiger partial charge in [0.05, 0.1) is 7.11 Å². The minimum Gasteiger partial charge on any atom is -0.497 e. The molecule has 5 heteroatoms. The van der Waals surface area contributed by atoms with Crippen LogP contribution in [0.25, 0.3) is 0 Å². The van der Waals surface area contributed by atoms with Crippen molar-refractivity contribution in [2.24, 2.45) is 0 Å². The van der Waals surface area contributed by atoms with E-state index in [2.05, 4.69) is 26.6 Å². The SMILES string of the molecule is COc1cccc(NC(=O)[C@@H](Nc2ccc(Br)cc2)c2ccccc2)c1. The number of hydrogen-bond donors (Lipinski definition) is 2. The third kappa shape index (κ3) is 4.64. The number of carbonyl (C=O) groups is 1. The summed E-state index contributed by atoms with van der Waals surface area (Å²) in [4.78, 5) is 13.0. The number of anilines is 2. The summed E-state index contributed by atoms with van der Waals surface area (Å²) in [5.41, 5.74) is 2.44. The van der Waals surface area contributed by atoms with Crippen molar-refractivity contribution >= 4 is 33.2 Å². The number of nitrogens with one attached hydrogen (secondary N) is 2. The quantitative estimate of drug-likeness (QED) is 0.583. The average molecular weight is 411 g/mol. The van der Waals surface area contributed by atoms with Gasteiger partial charge in [-0.15, -0.1) is 0 Å². The van der Waals surface area contributed by atoms with Crippen LogP contribution in [0.1, 0.15) is 11.6 Å². The molecule has 1 atom stereocenters. The van der Waals surface area contributed by atoms with Crippen LogP contribution in [0.15, 0.2) is 83.3 Å². The van der Waals surface area contributed by atoms with Gasteiger partial charge in [-0.1, -0.05) is 52.3 Å². The zero-order valence-electron chi connectivity index (χ0n) is 14.3. The fraction of sp³-hybridized carbons (Fsp3) is 0.0952. The summed E-state index contributed by atoms with van der Waals surface area (Å²) in [6, 6.07) is 24.1. The number of amides is 1. The van der Waals surface area contributed by atoms with Crippen molar-refractivity contribution in [2.45, 2.75) is 6.04 Å². The van der Waals surface area contributed by atoms with Gasteiger partial charge < -0.3 is 15.4 Å². The van der Waals surface area contributed by atoms with Crippen LogP contribution in [0.5, 0.6) is 5.75 Å². The normalized spacial score (nSPS) is 11.5. The fourth-order valence-electron chi connectivity index (χ4n) is 2.57. The van der Waals surface area contributed by atoms with E-state index in [0.29, 0.717) is 11.4 Å². The molecule has 3 rings (SSSR count). The summed E-state index contributed by atoms with van der Waals surface area (Å²) >= 11 is 3.42. The van der Waals surface area contributed by atoms with Crippen LogP contribution in [-0.2, 0) is 4.79 Å². The van der Waals surface area contributed by atoms with Crippen LogP contribution in [0.2, 0.25) is 0 Å². The van der Waals surface area contributed by atoms with E-state index in [4.69, 9.17) is 4.74 Å². The van der Waals surface area contributed by atoms with Crippen LogP contribution < -0.4 is 15.4 Å². The Morgan fingerprint density at radius 2 is 1.65 bits per heavy atom. The summed E-state index contributed by atoms with van der Waals surface area (Å²) in [6.07, 6.45) is 0. The Morgan fingerprint density at radius 1 is 0.923 bits per heavy atom. The standard InChI is InChI=1S/C21H19BrN2O2/c1-26-19-9-5-8-18(14-19)24-21(25)20(15-6-3-2-4-7-15)23-17-12-10-16(22)11-13-17/h2-14,20,23H,1H3,(H,24,25)/t20-/m0/s1. The molecule has 0 fully saturated rings. The molecule has 0 aliphatic heterocycles. The summed E-state index contributed by atoms with van der Waals surface area (Å²) in [5.74, 6) is 0.548. The van der Waals surface area contributed by atoms with Gasteiger partial charge in [-0.2, -0.15) is 0 Å². The molecular formula is C21H19BrN2O2. The number of hydrogen-bond acceptors (Lipinski definition) is 3. The molecule has 2 N–H and O–H groups in total. The van der Waals surface area contributed by atoms with E-state index >= 15 is 0 Å². The van der Waals surface area contributed by atoms with Crippen molar-refractivity contribution in [1.82, 2.24) is 0 Å². The van der Waals surface area contributed by atoms with Gasteiger partial charge in [-0.05, 0) is 42.0 Å². The van der Waals surface area contributed by atoms with Gasteiger partial charge in [0.2, 0.25) is 0 Å². The third-order valence-electron chi connectivity index (χ3n) is 3.89. The van der Waals surface area contributed by atoms with E-state index in [1.807, 2.05) is 72.8 Å². The van der Waals surface area contributed by atoms with Crippen molar-refractivity contribution < 1.29 is 9.53 Å². The Hall–Kier alpha value is -2.79. The molecule has 132 valence electrons. The first kappa shape index (κ1) is 18.0. The maximum atomic E-state index is 13.0. The lowest BCUT2D eigenvalue weighted by Crippen LogP contribution is -2.27. The molecule has 3 aromatic carbocycles. The first-order valence-electron chi connectivity index (χ1n) is 8.17. The number of rotatable bonds is 6. The Bertz CT molecular complexity index is 867. The highest BCUT2D eigenvalue weighted by atomic mass is 79.9. The van der Waals surface area contributed by atoms with Gasteiger partial charge in [0.1, 0.15) is 11.8 Å². The zero-order chi connectivity index (χ0) is 18.4. The van der Waals surface area contributed by atoms with Crippen molar-refractivity contribution in [3.63, 3.8) is 0 Å². The molecular weight excluding hydrogens is 392 g/mol. The van der Waals surface area contributed by atoms with Gasteiger partial charge in [-0.3, -0.25) is 4.79 Å². The van der Waals surface area contributed by atoms with Crippen LogP contribution >= 0.6 is 15.9 Å². The molecule has 0 aliphatic rings. The molecule has 0 unspecified atom stereocenters. The molecule has 1 amide bonds. The third-order valence-corrected chi connectivity index (χ3v) is 4.42. The molecule has 0 bridgehead atoms. The Labute approximate surface area is 161 Å². The number of methoxy groups -OCH3 is 1. The van der Waals surface area contributed by atoms with Crippen molar-refractivity contribution in [2.75, 3.05) is 17.7 Å². The highest BCUT2D eigenvalue weighted by Crippen LogP contribution is 2.24. The number of carbonyl (C=O) groups excluding carboxylic acids is 1. The molecule has 3 aromatic rings. The van der Waals surface area contributed by atoms with Gasteiger partial charge in [0.25, 0.3) is 5.91 Å². The second-order valence-corrected chi connectivity index (χ2v) is 6.63. The second-order valence-electron chi connectivity index (χ2n) is 5.72. The van der Waals surface area contributed by atoms with Gasteiger partial charge in [0, 0.05) is 21.9 Å². The zero-order valence-corrected chi connectivity index (χ0v) is 15.9. The highest BCUT2D eigenvalue weighted by molar-refractivity contribution is 9.10. The van der Waals surface area contributed by atoms with E-state index in [1.165, 1.54) is 0 Å². The predicted molar refractivity (Wildman–Crippen MR) is 109 cm³/mol. The molecule has 0 aliphatic carbocycles. The lowest BCUT2D eigenvalue weighted by Gasteiger charge is -2.20. The average Bonchev–Trinajstić information content (AvgIpc) is 2.68. The predicted octanol–water partition coefficient (Wildman–Crippen LogP) is 5.25. The summed E-state index contributed by atoms with van der Waals surface area (Å²) < 4.78 is 6.20. The summed E-state index contributed by atoms with van der Waals surface area (Å²) in [7, 11) is 1.60. The first-order chi connectivity index (χ1) is 12.7. The summed E-state index contributed by atoms with van der Waals surface area (Å²) in [5, 5.41) is 6.26. The summed E-state index contributed by atoms with van der Waals surface area (Å²) in [6.45, 7) is 0. The first-order valence-corrected chi connectivity index (χ1v) is 8.97. The van der Waals surface area contributed by atoms with Crippen molar-refractivity contribution in [3.05, 3.63) is 88.9 Å². The molecule has 0 radical (unpaired) electrons. The van der Waals surface area contributed by atoms with Gasteiger partial charge in [-0.25, -0.2) is 0 Å². The molecule has 0 spiro atoms. The smallest absolute Gasteiger partial charge is 0.251 e. The maximum Gasteiger partial charge on any atom is 0.251 e. The van der Waals surface area contributed by atoms with E-state index < -0.39 is 6.04 Å². The molecule has 0 heterocycles. The second kappa shape index (κ2) is 8.54. The van der Waals surface area contributed by atoms with Crippen LogP contribution in [0.4, 0.5) is 11.4 Å².